The molecule has 0 bridgehead atoms. The summed E-state index contributed by atoms with van der Waals surface area (Å²) in [6.45, 7) is 2.09. The lowest BCUT2D eigenvalue weighted by Gasteiger charge is -2.33. The molecule has 0 aliphatic heterocycles. The van der Waals surface area contributed by atoms with Gasteiger partial charge in [-0.1, -0.05) is 13.0 Å². The van der Waals surface area contributed by atoms with Crippen molar-refractivity contribution in [3.63, 3.8) is 0 Å². The zero-order valence-electron chi connectivity index (χ0n) is 9.33. The Morgan fingerprint density at radius 3 is 1.94 bits per heavy atom. The Morgan fingerprint density at radius 2 is 1.59 bits per heavy atom. The van der Waals surface area contributed by atoms with Gasteiger partial charge in [-0.2, -0.15) is 13.2 Å². The molecule has 0 radical (unpaired) electrons. The van der Waals surface area contributed by atoms with Crippen LogP contribution >= 0.6 is 0 Å². The maximum absolute atomic E-state index is 13.4. The lowest BCUT2D eigenvalue weighted by molar-refractivity contribution is -0.196. The Bertz CT molecular complexity index is 381. The van der Waals surface area contributed by atoms with Crippen LogP contribution in [0.4, 0.5) is 22.0 Å². The molecule has 0 aromatic heterocycles. The standard InChI is InChI=1S/C11H12F5N/c1-3-17-10(2,11(14,15)16)9-7(12)5-4-6-8(9)13/h4-6,17H,3H2,1-2H3. The summed E-state index contributed by atoms with van der Waals surface area (Å²) in [5.41, 5.74) is -3.74. The van der Waals surface area contributed by atoms with E-state index in [1.54, 1.807) is 0 Å². The van der Waals surface area contributed by atoms with Gasteiger partial charge in [-0.25, -0.2) is 8.78 Å². The van der Waals surface area contributed by atoms with Gasteiger partial charge in [-0.05, 0) is 25.6 Å². The van der Waals surface area contributed by atoms with Crippen molar-refractivity contribution < 1.29 is 22.0 Å². The average molecular weight is 253 g/mol. The zero-order chi connectivity index (χ0) is 13.3. The van der Waals surface area contributed by atoms with E-state index >= 15 is 0 Å². The molecule has 1 aromatic rings. The number of nitrogens with one attached hydrogen (secondary N) is 1. The van der Waals surface area contributed by atoms with Crippen LogP contribution in [-0.2, 0) is 5.54 Å². The third-order valence-electron chi connectivity index (χ3n) is 2.56. The zero-order valence-corrected chi connectivity index (χ0v) is 9.33. The summed E-state index contributed by atoms with van der Waals surface area (Å²) in [6.07, 6.45) is -4.80. The minimum Gasteiger partial charge on any atom is -0.300 e. The highest BCUT2D eigenvalue weighted by molar-refractivity contribution is 5.29. The first-order valence-electron chi connectivity index (χ1n) is 5.00. The van der Waals surface area contributed by atoms with Gasteiger partial charge in [0.15, 0.2) is 0 Å². The van der Waals surface area contributed by atoms with Crippen LogP contribution in [0.15, 0.2) is 18.2 Å². The smallest absolute Gasteiger partial charge is 0.300 e. The minimum atomic E-state index is -4.80. The predicted octanol–water partition coefficient (Wildman–Crippen LogP) is 3.35. The summed E-state index contributed by atoms with van der Waals surface area (Å²) in [4.78, 5) is 0. The van der Waals surface area contributed by atoms with Gasteiger partial charge in [-0.15, -0.1) is 0 Å². The third-order valence-corrected chi connectivity index (χ3v) is 2.56. The summed E-state index contributed by atoms with van der Waals surface area (Å²) >= 11 is 0. The second-order valence-corrected chi connectivity index (χ2v) is 3.75. The molecule has 6 heteroatoms. The fourth-order valence-electron chi connectivity index (χ4n) is 1.66. The van der Waals surface area contributed by atoms with E-state index in [2.05, 4.69) is 5.32 Å². The summed E-state index contributed by atoms with van der Waals surface area (Å²) < 4.78 is 65.7. The Kier molecular flexibility index (Phi) is 3.76. The van der Waals surface area contributed by atoms with Crippen molar-refractivity contribution in [2.45, 2.75) is 25.6 Å². The maximum Gasteiger partial charge on any atom is 0.410 e. The number of hydrogen-bond donors (Lipinski definition) is 1. The highest BCUT2D eigenvalue weighted by Gasteiger charge is 2.54. The van der Waals surface area contributed by atoms with E-state index in [1.807, 2.05) is 0 Å². The first-order chi connectivity index (χ1) is 7.74. The maximum atomic E-state index is 13.4. The van der Waals surface area contributed by atoms with Crippen LogP contribution in [0.1, 0.15) is 19.4 Å². The van der Waals surface area contributed by atoms with Crippen molar-refractivity contribution in [1.82, 2.24) is 5.32 Å². The van der Waals surface area contributed by atoms with Crippen LogP contribution in [0.25, 0.3) is 0 Å². The molecule has 0 saturated carbocycles. The average Bonchev–Trinajstić information content (AvgIpc) is 2.15. The number of rotatable bonds is 3. The van der Waals surface area contributed by atoms with E-state index < -0.39 is 28.9 Å². The predicted molar refractivity (Wildman–Crippen MR) is 53.4 cm³/mol. The molecule has 0 heterocycles. The number of benzene rings is 1. The van der Waals surface area contributed by atoms with Gasteiger partial charge >= 0.3 is 6.18 Å². The summed E-state index contributed by atoms with van der Waals surface area (Å²) in [6, 6.07) is 2.64. The summed E-state index contributed by atoms with van der Waals surface area (Å²) in [5, 5.41) is 2.09. The highest BCUT2D eigenvalue weighted by atomic mass is 19.4. The quantitative estimate of drug-likeness (QED) is 0.814. The highest BCUT2D eigenvalue weighted by Crippen LogP contribution is 2.40. The van der Waals surface area contributed by atoms with E-state index in [9.17, 15) is 22.0 Å². The lowest BCUT2D eigenvalue weighted by atomic mass is 9.90. The van der Waals surface area contributed by atoms with Crippen molar-refractivity contribution in [3.05, 3.63) is 35.4 Å². The number of alkyl halides is 3. The van der Waals surface area contributed by atoms with Crippen LogP contribution in [0.5, 0.6) is 0 Å². The van der Waals surface area contributed by atoms with E-state index in [4.69, 9.17) is 0 Å². The molecule has 0 spiro atoms. The molecule has 1 atom stereocenters. The van der Waals surface area contributed by atoms with Crippen LogP contribution < -0.4 is 5.32 Å². The van der Waals surface area contributed by atoms with Gasteiger partial charge < -0.3 is 5.32 Å². The Hall–Kier alpha value is -1.17. The molecule has 1 aromatic carbocycles. The van der Waals surface area contributed by atoms with Crippen molar-refractivity contribution in [2.24, 2.45) is 0 Å². The summed E-state index contributed by atoms with van der Waals surface area (Å²) in [7, 11) is 0. The Balaban J connectivity index is 3.43. The molecule has 0 aliphatic rings. The topological polar surface area (TPSA) is 12.0 Å². The SMILES string of the molecule is CCNC(C)(c1c(F)cccc1F)C(F)(F)F. The van der Waals surface area contributed by atoms with Crippen LogP contribution in [0, 0.1) is 11.6 Å². The van der Waals surface area contributed by atoms with E-state index in [0.717, 1.165) is 25.1 Å². The van der Waals surface area contributed by atoms with Crippen molar-refractivity contribution in [3.8, 4) is 0 Å². The van der Waals surface area contributed by atoms with Gasteiger partial charge in [0.25, 0.3) is 0 Å². The fraction of sp³-hybridized carbons (Fsp3) is 0.455. The van der Waals surface area contributed by atoms with E-state index in [0.29, 0.717) is 0 Å². The normalized spacial score (nSPS) is 15.7. The molecule has 0 aliphatic carbocycles. The molecule has 1 rings (SSSR count). The first-order valence-corrected chi connectivity index (χ1v) is 5.00. The lowest BCUT2D eigenvalue weighted by Crippen LogP contribution is -2.52. The van der Waals surface area contributed by atoms with Crippen molar-refractivity contribution in [1.29, 1.82) is 0 Å². The van der Waals surface area contributed by atoms with Gasteiger partial charge in [0.2, 0.25) is 0 Å². The molecular weight excluding hydrogens is 241 g/mol. The Morgan fingerprint density at radius 1 is 1.12 bits per heavy atom. The third kappa shape index (κ3) is 2.41. The monoisotopic (exact) mass is 253 g/mol. The molecule has 96 valence electrons. The van der Waals surface area contributed by atoms with E-state index in [1.165, 1.54) is 6.92 Å². The van der Waals surface area contributed by atoms with Crippen LogP contribution in [-0.4, -0.2) is 12.7 Å². The van der Waals surface area contributed by atoms with Crippen molar-refractivity contribution in [2.75, 3.05) is 6.54 Å². The first kappa shape index (κ1) is 13.9. The number of halogens is 5. The van der Waals surface area contributed by atoms with Crippen molar-refractivity contribution >= 4 is 0 Å². The molecule has 0 amide bonds. The van der Waals surface area contributed by atoms with Crippen LogP contribution in [0.3, 0.4) is 0 Å². The molecule has 1 unspecified atom stereocenters. The van der Waals surface area contributed by atoms with E-state index in [-0.39, 0.29) is 6.54 Å². The second-order valence-electron chi connectivity index (χ2n) is 3.75. The molecule has 1 N–H and O–H groups in total. The minimum absolute atomic E-state index is 0.0657. The van der Waals surface area contributed by atoms with Gasteiger partial charge in [0, 0.05) is 0 Å². The van der Waals surface area contributed by atoms with Gasteiger partial charge in [0.1, 0.15) is 17.2 Å². The Labute approximate surface area is 95.6 Å². The molecular formula is C11H12F5N. The second kappa shape index (κ2) is 4.60. The largest absolute Gasteiger partial charge is 0.410 e. The van der Waals surface area contributed by atoms with Gasteiger partial charge in [-0.3, -0.25) is 0 Å². The van der Waals surface area contributed by atoms with Crippen LogP contribution in [0.2, 0.25) is 0 Å². The molecule has 17 heavy (non-hydrogen) atoms. The summed E-state index contributed by atoms with van der Waals surface area (Å²) in [5.74, 6) is -2.43. The van der Waals surface area contributed by atoms with Gasteiger partial charge in [0.05, 0.1) is 5.56 Å². The molecule has 0 fully saturated rings. The molecule has 0 saturated heterocycles. The number of hydrogen-bond acceptors (Lipinski definition) is 1. The molecule has 1 nitrogen and oxygen atoms in total. The fourth-order valence-corrected chi connectivity index (χ4v) is 1.66.